The lowest BCUT2D eigenvalue weighted by atomic mass is 9.68. The van der Waals surface area contributed by atoms with Crippen LogP contribution in [0.2, 0.25) is 0 Å². The maximum absolute atomic E-state index is 10.5. The maximum Gasteiger partial charge on any atom is 0.223 e. The van der Waals surface area contributed by atoms with E-state index in [0.29, 0.717) is 39.7 Å². The van der Waals surface area contributed by atoms with E-state index in [1.807, 2.05) is 91.9 Å². The molecule has 0 saturated heterocycles. The number of hydrogen-bond acceptors (Lipinski definition) is 8. The lowest BCUT2D eigenvalue weighted by molar-refractivity contribution is 0.323. The lowest BCUT2D eigenvalue weighted by Crippen LogP contribution is -2.47. The molecular weight excluding hydrogens is 514 g/mol. The molecule has 0 spiro atoms. The van der Waals surface area contributed by atoms with Crippen molar-refractivity contribution < 1.29 is 9.47 Å². The number of nitriles is 2. The van der Waals surface area contributed by atoms with Crippen molar-refractivity contribution in [3.63, 3.8) is 0 Å². The molecule has 5 aromatic rings. The van der Waals surface area contributed by atoms with E-state index in [4.69, 9.17) is 20.2 Å². The fraction of sp³-hybridized carbons (Fsp3) is 0.156. The summed E-state index contributed by atoms with van der Waals surface area (Å²) in [6.45, 7) is 2.14. The molecule has 9 nitrogen and oxygen atoms in total. The van der Waals surface area contributed by atoms with Gasteiger partial charge in [0.15, 0.2) is 5.41 Å². The third-order valence-corrected chi connectivity index (χ3v) is 7.39. The van der Waals surface area contributed by atoms with Crippen LogP contribution in [0.4, 0.5) is 0 Å². The minimum atomic E-state index is -1.69. The fourth-order valence-electron chi connectivity index (χ4n) is 5.38. The third kappa shape index (κ3) is 3.95. The van der Waals surface area contributed by atoms with Crippen molar-refractivity contribution >= 4 is 22.8 Å². The second-order valence-electron chi connectivity index (χ2n) is 9.55. The van der Waals surface area contributed by atoms with Gasteiger partial charge in [0, 0.05) is 16.7 Å². The minimum Gasteiger partial charge on any atom is -0.497 e. The average molecular weight is 540 g/mol. The molecule has 1 aliphatic rings. The molecular formula is C32H25N7O2. The van der Waals surface area contributed by atoms with Crippen LogP contribution < -0.4 is 25.6 Å². The Hall–Kier alpha value is -5.67. The van der Waals surface area contributed by atoms with Gasteiger partial charge < -0.3 is 15.2 Å². The van der Waals surface area contributed by atoms with Crippen LogP contribution in [0.3, 0.4) is 0 Å². The molecule has 1 aliphatic carbocycles. The van der Waals surface area contributed by atoms with Gasteiger partial charge in [-0.2, -0.15) is 10.5 Å². The zero-order chi connectivity index (χ0) is 28.6. The molecule has 2 N–H and O–H groups in total. The van der Waals surface area contributed by atoms with Crippen molar-refractivity contribution in [3.05, 3.63) is 94.9 Å². The highest BCUT2D eigenvalue weighted by molar-refractivity contribution is 5.82. The van der Waals surface area contributed by atoms with Crippen LogP contribution in [-0.4, -0.2) is 33.7 Å². The highest BCUT2D eigenvalue weighted by Gasteiger charge is 2.46. The van der Waals surface area contributed by atoms with E-state index >= 15 is 0 Å². The summed E-state index contributed by atoms with van der Waals surface area (Å²) >= 11 is 0. The van der Waals surface area contributed by atoms with Gasteiger partial charge in [0.05, 0.1) is 42.3 Å². The second-order valence-corrected chi connectivity index (χ2v) is 9.55. The van der Waals surface area contributed by atoms with Crippen molar-refractivity contribution in [2.24, 2.45) is 11.1 Å². The number of para-hydroxylation sites is 1. The molecule has 0 fully saturated rings. The van der Waals surface area contributed by atoms with Gasteiger partial charge in [0.1, 0.15) is 22.6 Å². The van der Waals surface area contributed by atoms with Gasteiger partial charge in [-0.25, -0.2) is 9.67 Å². The molecule has 2 heterocycles. The molecule has 0 bridgehead atoms. The number of rotatable bonds is 6. The van der Waals surface area contributed by atoms with Gasteiger partial charge in [-0.3, -0.25) is 0 Å². The summed E-state index contributed by atoms with van der Waals surface area (Å²) in [7, 11) is 1.61. The lowest BCUT2D eigenvalue weighted by Gasteiger charge is -2.31. The monoisotopic (exact) mass is 539 g/mol. The molecule has 1 atom stereocenters. The van der Waals surface area contributed by atoms with Gasteiger partial charge in [0.25, 0.3) is 0 Å². The summed E-state index contributed by atoms with van der Waals surface area (Å²) < 4.78 is 13.2. The molecule has 0 saturated carbocycles. The van der Waals surface area contributed by atoms with Crippen LogP contribution in [0.1, 0.15) is 18.4 Å². The SMILES string of the molecule is CCOc1nc(-c2ccc(OC)cc2)c(-n2nnc3ccccc32)c2c1=C(N)C(C#N)(C#N)C(c1ccccc1)C=2. The van der Waals surface area contributed by atoms with E-state index in [2.05, 4.69) is 22.5 Å². The minimum absolute atomic E-state index is 0.0803. The quantitative estimate of drug-likeness (QED) is 0.346. The molecule has 6 rings (SSSR count). The van der Waals surface area contributed by atoms with Gasteiger partial charge in [-0.1, -0.05) is 53.8 Å². The van der Waals surface area contributed by atoms with E-state index < -0.39 is 11.3 Å². The zero-order valence-corrected chi connectivity index (χ0v) is 22.4. The number of pyridine rings is 1. The van der Waals surface area contributed by atoms with E-state index in [1.165, 1.54) is 0 Å². The smallest absolute Gasteiger partial charge is 0.223 e. The van der Waals surface area contributed by atoms with Gasteiger partial charge in [-0.15, -0.1) is 5.10 Å². The molecule has 2 aromatic heterocycles. The van der Waals surface area contributed by atoms with Crippen molar-refractivity contribution in [2.45, 2.75) is 12.8 Å². The number of aromatic nitrogens is 4. The number of hydrogen-bond donors (Lipinski definition) is 1. The Morgan fingerprint density at radius 3 is 2.37 bits per heavy atom. The first-order chi connectivity index (χ1) is 20.1. The summed E-state index contributed by atoms with van der Waals surface area (Å²) in [5.74, 6) is 0.252. The van der Waals surface area contributed by atoms with Crippen molar-refractivity contribution in [2.75, 3.05) is 13.7 Å². The Morgan fingerprint density at radius 2 is 1.68 bits per heavy atom. The Labute approximate surface area is 236 Å². The molecule has 0 amide bonds. The Kier molecular flexibility index (Phi) is 6.33. The van der Waals surface area contributed by atoms with Crippen LogP contribution in [0.5, 0.6) is 11.6 Å². The highest BCUT2D eigenvalue weighted by Crippen LogP contribution is 2.43. The number of methoxy groups -OCH3 is 1. The van der Waals surface area contributed by atoms with Crippen LogP contribution in [0.15, 0.2) is 78.9 Å². The number of nitrogens with zero attached hydrogens (tertiary/aromatic N) is 6. The number of benzene rings is 3. The Bertz CT molecular complexity index is 1970. The summed E-state index contributed by atoms with van der Waals surface area (Å²) in [6, 6.07) is 29.0. The number of nitrogens with two attached hydrogens (primary N) is 1. The first kappa shape index (κ1) is 25.6. The standard InChI is InChI=1S/C32H25N7O2/c1-3-41-31-27-23(17-24(20-9-5-4-6-10-20)32(18-33,19-34)30(27)35)29(39-26-12-8-7-11-25(26)37-38-39)28(36-31)21-13-15-22(40-2)16-14-21/h4-17,24H,3,35H2,1-2H3. The van der Waals surface area contributed by atoms with Crippen molar-refractivity contribution in [1.29, 1.82) is 10.5 Å². The first-order valence-corrected chi connectivity index (χ1v) is 13.1. The molecule has 0 radical (unpaired) electrons. The summed E-state index contributed by atoms with van der Waals surface area (Å²) in [6.07, 6.45) is 1.91. The first-order valence-electron chi connectivity index (χ1n) is 13.1. The third-order valence-electron chi connectivity index (χ3n) is 7.39. The van der Waals surface area contributed by atoms with E-state index in [9.17, 15) is 10.5 Å². The van der Waals surface area contributed by atoms with Gasteiger partial charge in [0.2, 0.25) is 5.88 Å². The number of ether oxygens (including phenoxy) is 2. The van der Waals surface area contributed by atoms with Crippen LogP contribution >= 0.6 is 0 Å². The summed E-state index contributed by atoms with van der Waals surface area (Å²) in [4.78, 5) is 4.96. The van der Waals surface area contributed by atoms with E-state index in [0.717, 1.165) is 16.6 Å². The highest BCUT2D eigenvalue weighted by atomic mass is 16.5. The molecule has 200 valence electrons. The molecule has 41 heavy (non-hydrogen) atoms. The molecule has 0 aliphatic heterocycles. The average Bonchev–Trinajstić information content (AvgIpc) is 3.45. The molecule has 1 unspecified atom stereocenters. The van der Waals surface area contributed by atoms with Crippen molar-refractivity contribution in [1.82, 2.24) is 20.0 Å². The van der Waals surface area contributed by atoms with Crippen LogP contribution in [-0.2, 0) is 0 Å². The zero-order valence-electron chi connectivity index (χ0n) is 22.4. The number of fused-ring (bicyclic) bond motifs is 2. The van der Waals surface area contributed by atoms with Gasteiger partial charge in [-0.05, 0) is 48.9 Å². The predicted octanol–water partition coefficient (Wildman–Crippen LogP) is 3.57. The topological polar surface area (TPSA) is 136 Å². The normalized spacial score (nSPS) is 15.3. The van der Waals surface area contributed by atoms with Gasteiger partial charge >= 0.3 is 0 Å². The van der Waals surface area contributed by atoms with Crippen molar-refractivity contribution in [3.8, 4) is 40.7 Å². The van der Waals surface area contributed by atoms with E-state index in [1.54, 1.807) is 11.8 Å². The molecule has 9 heteroatoms. The molecule has 3 aromatic carbocycles. The predicted molar refractivity (Wildman–Crippen MR) is 154 cm³/mol. The maximum atomic E-state index is 10.5. The van der Waals surface area contributed by atoms with Crippen LogP contribution in [0.25, 0.3) is 39.8 Å². The summed E-state index contributed by atoms with van der Waals surface area (Å²) in [5.41, 5.74) is 9.43. The Balaban J connectivity index is 1.83. The van der Waals surface area contributed by atoms with E-state index in [-0.39, 0.29) is 11.6 Å². The largest absolute Gasteiger partial charge is 0.497 e. The summed E-state index contributed by atoms with van der Waals surface area (Å²) in [5, 5.41) is 30.9. The second kappa shape index (κ2) is 10.1. The van der Waals surface area contributed by atoms with Crippen LogP contribution in [0, 0.1) is 28.1 Å². The Morgan fingerprint density at radius 1 is 0.976 bits per heavy atom. The fourth-order valence-corrected chi connectivity index (χ4v) is 5.38.